The summed E-state index contributed by atoms with van der Waals surface area (Å²) in [5.41, 5.74) is 1.33. The molecule has 0 aromatic heterocycles. The topological polar surface area (TPSA) is 109 Å². The molecule has 0 spiro atoms. The first-order chi connectivity index (χ1) is 16.3. The molecule has 9 nitrogen and oxygen atoms in total. The van der Waals surface area contributed by atoms with Gasteiger partial charge in [-0.2, -0.15) is 0 Å². The third-order valence-electron chi connectivity index (χ3n) is 6.15. The number of anilines is 1. The zero-order valence-electron chi connectivity index (χ0n) is 20.5. The minimum absolute atomic E-state index is 0.00181. The number of carbonyl (C=O) groups is 3. The molecule has 2 saturated heterocycles. The van der Waals surface area contributed by atoms with Crippen LogP contribution in [0.3, 0.4) is 0 Å². The van der Waals surface area contributed by atoms with Crippen LogP contribution < -0.4 is 16.0 Å². The minimum Gasteiger partial charge on any atom is -0.384 e. The van der Waals surface area contributed by atoms with Crippen LogP contribution in [0, 0.1) is 11.8 Å². The first kappa shape index (κ1) is 26.1. The van der Waals surface area contributed by atoms with E-state index in [0.717, 1.165) is 45.1 Å². The van der Waals surface area contributed by atoms with Gasteiger partial charge in [0.05, 0.1) is 25.9 Å². The summed E-state index contributed by atoms with van der Waals surface area (Å²) in [5, 5.41) is 9.09. The van der Waals surface area contributed by atoms with Crippen molar-refractivity contribution in [2.75, 3.05) is 57.9 Å². The van der Waals surface area contributed by atoms with Crippen LogP contribution in [-0.4, -0.2) is 87.2 Å². The van der Waals surface area contributed by atoms with Gasteiger partial charge in [0, 0.05) is 43.3 Å². The van der Waals surface area contributed by atoms with E-state index in [-0.39, 0.29) is 36.0 Å². The SMILES string of the molecule is CC(C)C[C@H](NC(=O)c1cccc(NCCN2CCOCC2)c1)C(=O)N[C@@H]1C(=O)COC[C@H]1C. The van der Waals surface area contributed by atoms with Gasteiger partial charge in [-0.25, -0.2) is 0 Å². The number of amides is 2. The molecule has 1 aromatic rings. The Kier molecular flexibility index (Phi) is 9.86. The summed E-state index contributed by atoms with van der Waals surface area (Å²) in [4.78, 5) is 40.6. The molecule has 0 saturated carbocycles. The highest BCUT2D eigenvalue weighted by Gasteiger charge is 2.33. The predicted octanol–water partition coefficient (Wildman–Crippen LogP) is 1.30. The number of nitrogens with one attached hydrogen (secondary N) is 3. The van der Waals surface area contributed by atoms with Gasteiger partial charge in [0.2, 0.25) is 5.91 Å². The van der Waals surface area contributed by atoms with Crippen molar-refractivity contribution in [3.05, 3.63) is 29.8 Å². The molecule has 1 aromatic carbocycles. The third-order valence-corrected chi connectivity index (χ3v) is 6.15. The minimum atomic E-state index is -0.728. The van der Waals surface area contributed by atoms with Gasteiger partial charge >= 0.3 is 0 Å². The summed E-state index contributed by atoms with van der Waals surface area (Å²) in [6, 6.07) is 5.96. The van der Waals surface area contributed by atoms with Crippen LogP contribution in [0.15, 0.2) is 24.3 Å². The molecule has 2 aliphatic rings. The number of morpholine rings is 1. The molecule has 0 bridgehead atoms. The van der Waals surface area contributed by atoms with Crippen LogP contribution in [0.2, 0.25) is 0 Å². The van der Waals surface area contributed by atoms with Gasteiger partial charge in [0.25, 0.3) is 5.91 Å². The van der Waals surface area contributed by atoms with E-state index >= 15 is 0 Å². The van der Waals surface area contributed by atoms with Gasteiger partial charge in [-0.3, -0.25) is 19.3 Å². The molecule has 0 aliphatic carbocycles. The molecule has 3 rings (SSSR count). The summed E-state index contributed by atoms with van der Waals surface area (Å²) in [6.07, 6.45) is 0.473. The van der Waals surface area contributed by atoms with Crippen LogP contribution in [0.4, 0.5) is 5.69 Å². The fourth-order valence-corrected chi connectivity index (χ4v) is 4.22. The summed E-state index contributed by atoms with van der Waals surface area (Å²) >= 11 is 0. The number of ketones is 1. The molecule has 2 aliphatic heterocycles. The monoisotopic (exact) mass is 474 g/mol. The second kappa shape index (κ2) is 12.8. The van der Waals surface area contributed by atoms with E-state index in [0.29, 0.717) is 18.6 Å². The quantitative estimate of drug-likeness (QED) is 0.469. The average molecular weight is 475 g/mol. The second-order valence-electron chi connectivity index (χ2n) is 9.56. The highest BCUT2D eigenvalue weighted by atomic mass is 16.5. The Labute approximate surface area is 201 Å². The molecular formula is C25H38N4O5. The van der Waals surface area contributed by atoms with Gasteiger partial charge in [-0.1, -0.05) is 26.8 Å². The summed E-state index contributed by atoms with van der Waals surface area (Å²) in [6.45, 7) is 11.3. The van der Waals surface area contributed by atoms with Crippen LogP contribution in [0.25, 0.3) is 0 Å². The van der Waals surface area contributed by atoms with E-state index in [1.807, 2.05) is 32.9 Å². The number of rotatable bonds is 10. The van der Waals surface area contributed by atoms with Crippen molar-refractivity contribution in [3.8, 4) is 0 Å². The predicted molar refractivity (Wildman–Crippen MR) is 130 cm³/mol. The van der Waals surface area contributed by atoms with E-state index < -0.39 is 12.1 Å². The fourth-order valence-electron chi connectivity index (χ4n) is 4.22. The normalized spacial score (nSPS) is 22.3. The number of carbonyl (C=O) groups excluding carboxylic acids is 3. The van der Waals surface area contributed by atoms with Gasteiger partial charge in [-0.15, -0.1) is 0 Å². The smallest absolute Gasteiger partial charge is 0.252 e. The summed E-state index contributed by atoms with van der Waals surface area (Å²) in [5.74, 6) is -0.719. The zero-order chi connectivity index (χ0) is 24.5. The first-order valence-corrected chi connectivity index (χ1v) is 12.2. The maximum absolute atomic E-state index is 13.0. The lowest BCUT2D eigenvalue weighted by molar-refractivity contribution is -0.137. The van der Waals surface area contributed by atoms with E-state index in [1.54, 1.807) is 12.1 Å². The lowest BCUT2D eigenvalue weighted by atomic mass is 9.95. The number of hydrogen-bond donors (Lipinski definition) is 3. The molecule has 3 N–H and O–H groups in total. The van der Waals surface area contributed by atoms with Crippen molar-refractivity contribution in [2.24, 2.45) is 11.8 Å². The molecule has 0 radical (unpaired) electrons. The van der Waals surface area contributed by atoms with Crippen molar-refractivity contribution in [3.63, 3.8) is 0 Å². The molecule has 188 valence electrons. The maximum Gasteiger partial charge on any atom is 0.252 e. The molecule has 34 heavy (non-hydrogen) atoms. The molecule has 2 fully saturated rings. The van der Waals surface area contributed by atoms with Gasteiger partial charge in [0.1, 0.15) is 12.6 Å². The van der Waals surface area contributed by atoms with E-state index in [2.05, 4.69) is 20.9 Å². The Morgan fingerprint density at radius 2 is 1.94 bits per heavy atom. The van der Waals surface area contributed by atoms with Gasteiger partial charge in [-0.05, 0) is 30.5 Å². The Morgan fingerprint density at radius 1 is 1.18 bits per heavy atom. The lowest BCUT2D eigenvalue weighted by Gasteiger charge is -2.30. The van der Waals surface area contributed by atoms with Crippen molar-refractivity contribution < 1.29 is 23.9 Å². The van der Waals surface area contributed by atoms with Gasteiger partial charge < -0.3 is 25.4 Å². The fraction of sp³-hybridized carbons (Fsp3) is 0.640. The Morgan fingerprint density at radius 3 is 2.65 bits per heavy atom. The van der Waals surface area contributed by atoms with Crippen LogP contribution in [-0.2, 0) is 19.1 Å². The van der Waals surface area contributed by atoms with E-state index in [4.69, 9.17) is 9.47 Å². The largest absolute Gasteiger partial charge is 0.384 e. The van der Waals surface area contributed by atoms with Crippen molar-refractivity contribution >= 4 is 23.3 Å². The molecule has 9 heteroatoms. The summed E-state index contributed by atoms with van der Waals surface area (Å²) < 4.78 is 10.6. The third kappa shape index (κ3) is 7.78. The van der Waals surface area contributed by atoms with Crippen LogP contribution >= 0.6 is 0 Å². The molecule has 0 unspecified atom stereocenters. The Balaban J connectivity index is 1.58. The number of Topliss-reactive ketones (excluding diaryl/α,β-unsaturated/α-hetero) is 1. The number of hydrogen-bond acceptors (Lipinski definition) is 7. The molecule has 2 heterocycles. The Hall–Kier alpha value is -2.49. The van der Waals surface area contributed by atoms with E-state index in [9.17, 15) is 14.4 Å². The summed E-state index contributed by atoms with van der Waals surface area (Å²) in [7, 11) is 0. The second-order valence-corrected chi connectivity index (χ2v) is 9.56. The van der Waals surface area contributed by atoms with Crippen LogP contribution in [0.1, 0.15) is 37.6 Å². The average Bonchev–Trinajstić information content (AvgIpc) is 2.81. The maximum atomic E-state index is 13.0. The number of ether oxygens (including phenoxy) is 2. The Bertz CT molecular complexity index is 840. The van der Waals surface area contributed by atoms with E-state index in [1.165, 1.54) is 0 Å². The standard InChI is InChI=1S/C25H38N4O5/c1-17(2)13-21(25(32)28-23-18(3)15-34-16-22(23)30)27-24(31)19-5-4-6-20(14-19)26-7-8-29-9-11-33-12-10-29/h4-6,14,17-18,21,23,26H,7-13,15-16H2,1-3H3,(H,27,31)(H,28,32)/t18-,21+,23+/m1/s1. The molecule has 2 amide bonds. The van der Waals surface area contributed by atoms with Gasteiger partial charge in [0.15, 0.2) is 5.78 Å². The number of benzene rings is 1. The number of nitrogens with zero attached hydrogens (tertiary/aromatic N) is 1. The van der Waals surface area contributed by atoms with Crippen molar-refractivity contribution in [1.29, 1.82) is 0 Å². The highest BCUT2D eigenvalue weighted by Crippen LogP contribution is 2.15. The van der Waals surface area contributed by atoms with Crippen molar-refractivity contribution in [1.82, 2.24) is 15.5 Å². The zero-order valence-corrected chi connectivity index (χ0v) is 20.5. The van der Waals surface area contributed by atoms with Crippen LogP contribution in [0.5, 0.6) is 0 Å². The first-order valence-electron chi connectivity index (χ1n) is 12.2. The highest BCUT2D eigenvalue weighted by molar-refractivity contribution is 5.99. The van der Waals surface area contributed by atoms with Crippen molar-refractivity contribution in [2.45, 2.75) is 39.3 Å². The molecular weight excluding hydrogens is 436 g/mol. The molecule has 3 atom stereocenters. The lowest BCUT2D eigenvalue weighted by Crippen LogP contribution is -2.56.